The summed E-state index contributed by atoms with van der Waals surface area (Å²) in [7, 11) is 1.34. The molecule has 1 aliphatic heterocycles. The first-order chi connectivity index (χ1) is 11.5. The van der Waals surface area contributed by atoms with Crippen molar-refractivity contribution in [3.8, 4) is 0 Å². The molecule has 0 aromatic heterocycles. The summed E-state index contributed by atoms with van der Waals surface area (Å²) >= 11 is 0. The normalized spacial score (nSPS) is 17.4. The van der Waals surface area contributed by atoms with Gasteiger partial charge in [0.2, 0.25) is 0 Å². The Morgan fingerprint density at radius 3 is 2.17 bits per heavy atom. The Hall–Kier alpha value is -2.56. The van der Waals surface area contributed by atoms with E-state index in [1.165, 1.54) is 7.11 Å². The fourth-order valence-corrected chi connectivity index (χ4v) is 2.90. The number of methoxy groups -OCH3 is 1. The van der Waals surface area contributed by atoms with Gasteiger partial charge in [-0.1, -0.05) is 37.3 Å². The van der Waals surface area contributed by atoms with Crippen molar-refractivity contribution in [2.75, 3.05) is 13.7 Å². The zero-order chi connectivity index (χ0) is 17.7. The number of benzene rings is 1. The molecule has 1 unspecified atom stereocenters. The second-order valence-electron chi connectivity index (χ2n) is 5.67. The minimum absolute atomic E-state index is 0.341. The summed E-state index contributed by atoms with van der Waals surface area (Å²) in [5, 5.41) is 3.11. The van der Waals surface area contributed by atoms with E-state index in [2.05, 4.69) is 5.32 Å². The van der Waals surface area contributed by atoms with Crippen LogP contribution in [0.4, 0.5) is 0 Å². The maximum Gasteiger partial charge on any atom is 0.336 e. The molecule has 24 heavy (non-hydrogen) atoms. The van der Waals surface area contributed by atoms with E-state index in [4.69, 9.17) is 9.47 Å². The highest BCUT2D eigenvalue weighted by atomic mass is 16.5. The summed E-state index contributed by atoms with van der Waals surface area (Å²) < 4.78 is 10.3. The molecular weight excluding hydrogens is 306 g/mol. The Kier molecular flexibility index (Phi) is 5.79. The van der Waals surface area contributed by atoms with Crippen LogP contribution in [0.5, 0.6) is 0 Å². The van der Waals surface area contributed by atoms with Crippen LogP contribution in [0.3, 0.4) is 0 Å². The molecular formula is C19H23NO4. The van der Waals surface area contributed by atoms with Gasteiger partial charge in [-0.05, 0) is 25.8 Å². The van der Waals surface area contributed by atoms with Gasteiger partial charge in [-0.25, -0.2) is 9.59 Å². The highest BCUT2D eigenvalue weighted by Crippen LogP contribution is 2.38. The maximum atomic E-state index is 12.6. The molecule has 1 aliphatic rings. The Labute approximate surface area is 142 Å². The number of dihydropyridines is 1. The molecule has 1 aromatic carbocycles. The molecule has 1 N–H and O–H groups in total. The lowest BCUT2D eigenvalue weighted by atomic mass is 9.80. The van der Waals surface area contributed by atoms with Gasteiger partial charge in [0, 0.05) is 11.4 Å². The van der Waals surface area contributed by atoms with Crippen LogP contribution < -0.4 is 5.32 Å². The molecule has 5 nitrogen and oxygen atoms in total. The number of nitrogens with one attached hydrogen (secondary N) is 1. The topological polar surface area (TPSA) is 64.6 Å². The van der Waals surface area contributed by atoms with Crippen LogP contribution in [-0.2, 0) is 19.1 Å². The van der Waals surface area contributed by atoms with Crippen molar-refractivity contribution in [2.24, 2.45) is 0 Å². The van der Waals surface area contributed by atoms with E-state index in [-0.39, 0.29) is 0 Å². The Morgan fingerprint density at radius 2 is 1.62 bits per heavy atom. The summed E-state index contributed by atoms with van der Waals surface area (Å²) in [5.74, 6) is -1.38. The second kappa shape index (κ2) is 7.81. The van der Waals surface area contributed by atoms with Crippen molar-refractivity contribution in [1.29, 1.82) is 0 Å². The van der Waals surface area contributed by atoms with Gasteiger partial charge in [0.15, 0.2) is 0 Å². The standard InChI is InChI=1S/C19H23NO4/c1-5-11-24-19(22)16-13(3)20-12(2)15(18(21)23-4)17(16)14-9-7-6-8-10-14/h6-10,17,20H,5,11H2,1-4H3. The third-order valence-electron chi connectivity index (χ3n) is 3.96. The summed E-state index contributed by atoms with van der Waals surface area (Å²) in [6, 6.07) is 9.45. The quantitative estimate of drug-likeness (QED) is 0.841. The first-order valence-corrected chi connectivity index (χ1v) is 8.00. The Morgan fingerprint density at radius 1 is 1.04 bits per heavy atom. The minimum atomic E-state index is -0.510. The molecule has 128 valence electrons. The lowest BCUT2D eigenvalue weighted by Gasteiger charge is -2.30. The van der Waals surface area contributed by atoms with Gasteiger partial charge in [-0.15, -0.1) is 0 Å². The molecule has 1 aromatic rings. The van der Waals surface area contributed by atoms with Gasteiger partial charge in [0.05, 0.1) is 30.8 Å². The molecule has 0 aliphatic carbocycles. The van der Waals surface area contributed by atoms with Gasteiger partial charge < -0.3 is 14.8 Å². The number of esters is 2. The molecule has 0 spiro atoms. The molecule has 0 saturated heterocycles. The van der Waals surface area contributed by atoms with Gasteiger partial charge in [0.25, 0.3) is 0 Å². The van der Waals surface area contributed by atoms with Crippen LogP contribution >= 0.6 is 0 Å². The van der Waals surface area contributed by atoms with Crippen LogP contribution in [0.25, 0.3) is 0 Å². The number of hydrogen-bond acceptors (Lipinski definition) is 5. The second-order valence-corrected chi connectivity index (χ2v) is 5.67. The van der Waals surface area contributed by atoms with Crippen molar-refractivity contribution in [3.63, 3.8) is 0 Å². The first-order valence-electron chi connectivity index (χ1n) is 8.00. The van der Waals surface area contributed by atoms with E-state index < -0.39 is 17.9 Å². The van der Waals surface area contributed by atoms with Crippen molar-refractivity contribution in [1.82, 2.24) is 5.32 Å². The Balaban J connectivity index is 2.56. The minimum Gasteiger partial charge on any atom is -0.466 e. The van der Waals surface area contributed by atoms with E-state index in [0.29, 0.717) is 29.1 Å². The molecule has 0 saturated carbocycles. The third kappa shape index (κ3) is 3.50. The van der Waals surface area contributed by atoms with Crippen LogP contribution in [0.15, 0.2) is 52.9 Å². The number of ether oxygens (including phenoxy) is 2. The van der Waals surface area contributed by atoms with Crippen LogP contribution in [-0.4, -0.2) is 25.7 Å². The summed E-state index contributed by atoms with van der Waals surface area (Å²) in [6.07, 6.45) is 0.736. The third-order valence-corrected chi connectivity index (χ3v) is 3.96. The van der Waals surface area contributed by atoms with E-state index in [0.717, 1.165) is 12.0 Å². The highest BCUT2D eigenvalue weighted by Gasteiger charge is 2.37. The van der Waals surface area contributed by atoms with Gasteiger partial charge in [-0.3, -0.25) is 0 Å². The maximum absolute atomic E-state index is 12.6. The predicted molar refractivity (Wildman–Crippen MR) is 91.0 cm³/mol. The average Bonchev–Trinajstić information content (AvgIpc) is 2.59. The van der Waals surface area contributed by atoms with E-state index in [1.807, 2.05) is 44.2 Å². The van der Waals surface area contributed by atoms with E-state index in [9.17, 15) is 9.59 Å². The molecule has 1 atom stereocenters. The van der Waals surface area contributed by atoms with E-state index >= 15 is 0 Å². The van der Waals surface area contributed by atoms with E-state index in [1.54, 1.807) is 6.92 Å². The average molecular weight is 329 g/mol. The molecule has 0 bridgehead atoms. The largest absolute Gasteiger partial charge is 0.466 e. The highest BCUT2D eigenvalue weighted by molar-refractivity contribution is 5.99. The van der Waals surface area contributed by atoms with Crippen molar-refractivity contribution >= 4 is 11.9 Å². The molecule has 0 radical (unpaired) electrons. The zero-order valence-electron chi connectivity index (χ0n) is 14.5. The molecule has 5 heteroatoms. The van der Waals surface area contributed by atoms with Gasteiger partial charge >= 0.3 is 11.9 Å². The molecule has 2 rings (SSSR count). The Bertz CT molecular complexity index is 689. The number of allylic oxidation sites excluding steroid dienone is 2. The van der Waals surface area contributed by atoms with Crippen molar-refractivity contribution in [2.45, 2.75) is 33.1 Å². The predicted octanol–water partition coefficient (Wildman–Crippen LogP) is 3.05. The summed E-state index contributed by atoms with van der Waals surface area (Å²) in [5.41, 5.74) is 3.09. The van der Waals surface area contributed by atoms with Crippen molar-refractivity contribution < 1.29 is 19.1 Å². The fourth-order valence-electron chi connectivity index (χ4n) is 2.90. The summed E-state index contributed by atoms with van der Waals surface area (Å²) in [4.78, 5) is 25.0. The number of carbonyl (C=O) groups excluding carboxylic acids is 2. The van der Waals surface area contributed by atoms with Crippen LogP contribution in [0, 0.1) is 0 Å². The number of rotatable bonds is 5. The molecule has 1 heterocycles. The first kappa shape index (κ1) is 17.8. The molecule has 0 fully saturated rings. The van der Waals surface area contributed by atoms with Gasteiger partial charge in [0.1, 0.15) is 0 Å². The lowest BCUT2D eigenvalue weighted by molar-refractivity contribution is -0.139. The zero-order valence-corrected chi connectivity index (χ0v) is 14.5. The smallest absolute Gasteiger partial charge is 0.336 e. The van der Waals surface area contributed by atoms with Gasteiger partial charge in [-0.2, -0.15) is 0 Å². The van der Waals surface area contributed by atoms with Crippen LogP contribution in [0.1, 0.15) is 38.7 Å². The van der Waals surface area contributed by atoms with Crippen molar-refractivity contribution in [3.05, 3.63) is 58.4 Å². The number of hydrogen-bond donors (Lipinski definition) is 1. The lowest BCUT2D eigenvalue weighted by Crippen LogP contribution is -2.32. The fraction of sp³-hybridized carbons (Fsp3) is 0.368. The number of carbonyl (C=O) groups is 2. The summed E-state index contributed by atoms with van der Waals surface area (Å²) in [6.45, 7) is 5.90. The SMILES string of the molecule is CCCOC(=O)C1=C(C)NC(C)=C(C(=O)OC)C1c1ccccc1. The molecule has 0 amide bonds. The monoisotopic (exact) mass is 329 g/mol. The van der Waals surface area contributed by atoms with Crippen LogP contribution in [0.2, 0.25) is 0 Å².